The predicted molar refractivity (Wildman–Crippen MR) is 67.4 cm³/mol. The van der Waals surface area contributed by atoms with Crippen molar-refractivity contribution >= 4 is 50.7 Å². The zero-order chi connectivity index (χ0) is 11.9. The Morgan fingerprint density at radius 1 is 1.50 bits per heavy atom. The number of carbonyl (C=O) groups is 1. The van der Waals surface area contributed by atoms with Crippen LogP contribution in [0.15, 0.2) is 16.6 Å². The van der Waals surface area contributed by atoms with E-state index < -0.39 is 0 Å². The third kappa shape index (κ3) is 2.14. The number of carbonyl (C=O) groups excluding carboxylic acids is 1. The molecule has 0 spiro atoms. The third-order valence-electron chi connectivity index (χ3n) is 2.38. The van der Waals surface area contributed by atoms with E-state index in [1.165, 1.54) is 4.90 Å². The molecule has 1 unspecified atom stereocenters. The van der Waals surface area contributed by atoms with Crippen LogP contribution in [0.4, 0.5) is 5.69 Å². The third-order valence-corrected chi connectivity index (χ3v) is 3.49. The molecule has 1 saturated heterocycles. The highest BCUT2D eigenvalue weighted by molar-refractivity contribution is 9.10. The Bertz CT molecular complexity index is 453. The molecule has 16 heavy (non-hydrogen) atoms. The number of anilines is 1. The van der Waals surface area contributed by atoms with Crippen LogP contribution in [0.5, 0.6) is 5.75 Å². The molecule has 1 N–H and O–H groups in total. The van der Waals surface area contributed by atoms with Crippen molar-refractivity contribution in [2.45, 2.75) is 11.8 Å². The minimum atomic E-state index is -0.218. The summed E-state index contributed by atoms with van der Waals surface area (Å²) in [5.74, 6) is -0.104. The first-order valence-corrected chi connectivity index (χ1v) is 6.22. The summed E-state index contributed by atoms with van der Waals surface area (Å²) < 4.78 is 0.459. The molecule has 1 amide bonds. The number of benzene rings is 1. The van der Waals surface area contributed by atoms with E-state index in [1.807, 2.05) is 0 Å². The molecule has 86 valence electrons. The number of hydrogen-bond acceptors (Lipinski definition) is 2. The monoisotopic (exact) mass is 323 g/mol. The number of phenols is 1. The van der Waals surface area contributed by atoms with Gasteiger partial charge in [0.2, 0.25) is 5.91 Å². The number of phenolic OH excluding ortho intramolecular Hbond substituents is 1. The second kappa shape index (κ2) is 4.43. The molecule has 1 aliphatic rings. The Labute approximate surface area is 111 Å². The maximum Gasteiger partial charge on any atom is 0.228 e. The quantitative estimate of drug-likeness (QED) is 0.806. The Hall–Kier alpha value is -0.450. The summed E-state index contributed by atoms with van der Waals surface area (Å²) in [6.45, 7) is 0.390. The van der Waals surface area contributed by atoms with Gasteiger partial charge in [0.15, 0.2) is 5.75 Å². The van der Waals surface area contributed by atoms with Gasteiger partial charge in [0.05, 0.1) is 15.5 Å². The first-order chi connectivity index (χ1) is 7.49. The van der Waals surface area contributed by atoms with Crippen molar-refractivity contribution in [2.75, 3.05) is 11.4 Å². The van der Waals surface area contributed by atoms with Crippen LogP contribution in [0.1, 0.15) is 6.42 Å². The zero-order valence-electron chi connectivity index (χ0n) is 8.08. The average Bonchev–Trinajstić information content (AvgIpc) is 2.51. The van der Waals surface area contributed by atoms with Crippen molar-refractivity contribution in [1.82, 2.24) is 0 Å². The van der Waals surface area contributed by atoms with E-state index in [2.05, 4.69) is 15.9 Å². The van der Waals surface area contributed by atoms with Crippen LogP contribution in [-0.4, -0.2) is 22.9 Å². The Balaban J connectivity index is 2.44. The summed E-state index contributed by atoms with van der Waals surface area (Å²) in [5.41, 5.74) is 0.396. The van der Waals surface area contributed by atoms with Crippen LogP contribution in [-0.2, 0) is 4.79 Å². The van der Waals surface area contributed by atoms with Gasteiger partial charge in [-0.15, -0.1) is 11.6 Å². The van der Waals surface area contributed by atoms with E-state index in [-0.39, 0.29) is 23.5 Å². The lowest BCUT2D eigenvalue weighted by atomic mass is 10.2. The van der Waals surface area contributed by atoms with E-state index in [0.29, 0.717) is 21.7 Å². The highest BCUT2D eigenvalue weighted by Gasteiger charge is 2.31. The molecule has 0 bridgehead atoms. The molecule has 1 heterocycles. The van der Waals surface area contributed by atoms with Crippen molar-refractivity contribution in [3.05, 3.63) is 21.6 Å². The summed E-state index contributed by atoms with van der Waals surface area (Å²) in [7, 11) is 0. The number of alkyl halides is 1. The molecule has 1 aliphatic heterocycles. The van der Waals surface area contributed by atoms with Gasteiger partial charge in [-0.2, -0.15) is 0 Å². The van der Waals surface area contributed by atoms with Crippen molar-refractivity contribution in [2.24, 2.45) is 0 Å². The minimum absolute atomic E-state index is 0.00326. The maximum atomic E-state index is 11.6. The summed E-state index contributed by atoms with van der Waals surface area (Å²) in [6.07, 6.45) is 0.283. The molecule has 6 heteroatoms. The molecule has 1 aromatic carbocycles. The fourth-order valence-corrected chi connectivity index (χ4v) is 2.72. The maximum absolute atomic E-state index is 11.6. The van der Waals surface area contributed by atoms with E-state index in [1.54, 1.807) is 12.1 Å². The largest absolute Gasteiger partial charge is 0.505 e. The van der Waals surface area contributed by atoms with Gasteiger partial charge in [0.25, 0.3) is 0 Å². The van der Waals surface area contributed by atoms with Crippen LogP contribution in [0.3, 0.4) is 0 Å². The van der Waals surface area contributed by atoms with E-state index >= 15 is 0 Å². The molecule has 1 aromatic rings. The topological polar surface area (TPSA) is 40.5 Å². The fraction of sp³-hybridized carbons (Fsp3) is 0.300. The summed E-state index contributed by atoms with van der Waals surface area (Å²) in [6, 6.07) is 3.12. The summed E-state index contributed by atoms with van der Waals surface area (Å²) in [4.78, 5) is 13.1. The second-order valence-electron chi connectivity index (χ2n) is 3.56. The Morgan fingerprint density at radius 3 is 2.75 bits per heavy atom. The first-order valence-electron chi connectivity index (χ1n) is 4.61. The van der Waals surface area contributed by atoms with Crippen LogP contribution >= 0.6 is 39.1 Å². The van der Waals surface area contributed by atoms with Gasteiger partial charge in [-0.1, -0.05) is 11.6 Å². The molecule has 3 nitrogen and oxygen atoms in total. The van der Waals surface area contributed by atoms with Crippen molar-refractivity contribution in [3.63, 3.8) is 0 Å². The standard InChI is InChI=1S/C10H8BrCl2NO2/c11-7-1-5(12)2-8(10(7)16)14-4-6(13)3-9(14)15/h1-2,6,16H,3-4H2. The lowest BCUT2D eigenvalue weighted by Crippen LogP contribution is -2.24. The molecule has 0 aromatic heterocycles. The van der Waals surface area contributed by atoms with Crippen LogP contribution < -0.4 is 4.90 Å². The van der Waals surface area contributed by atoms with Crippen molar-refractivity contribution in [1.29, 1.82) is 0 Å². The number of nitrogens with zero attached hydrogens (tertiary/aromatic N) is 1. The molecular formula is C10H8BrCl2NO2. The molecule has 0 aliphatic carbocycles. The Kier molecular flexibility index (Phi) is 3.33. The van der Waals surface area contributed by atoms with Gasteiger partial charge in [-0.25, -0.2) is 0 Å². The lowest BCUT2D eigenvalue weighted by Gasteiger charge is -2.18. The highest BCUT2D eigenvalue weighted by atomic mass is 79.9. The highest BCUT2D eigenvalue weighted by Crippen LogP contribution is 2.39. The Morgan fingerprint density at radius 2 is 2.19 bits per heavy atom. The van der Waals surface area contributed by atoms with Gasteiger partial charge in [0, 0.05) is 18.0 Å². The van der Waals surface area contributed by atoms with E-state index in [4.69, 9.17) is 23.2 Å². The van der Waals surface area contributed by atoms with Gasteiger partial charge < -0.3 is 10.0 Å². The summed E-state index contributed by atoms with van der Waals surface area (Å²) >= 11 is 14.9. The van der Waals surface area contributed by atoms with Gasteiger partial charge in [-0.3, -0.25) is 4.79 Å². The smallest absolute Gasteiger partial charge is 0.228 e. The van der Waals surface area contributed by atoms with Crippen molar-refractivity contribution in [3.8, 4) is 5.75 Å². The van der Waals surface area contributed by atoms with E-state index in [9.17, 15) is 9.90 Å². The zero-order valence-corrected chi connectivity index (χ0v) is 11.2. The number of rotatable bonds is 1. The van der Waals surface area contributed by atoms with Crippen LogP contribution in [0, 0.1) is 0 Å². The van der Waals surface area contributed by atoms with Gasteiger partial charge >= 0.3 is 0 Å². The van der Waals surface area contributed by atoms with Crippen molar-refractivity contribution < 1.29 is 9.90 Å². The predicted octanol–water partition coefficient (Wildman–Crippen LogP) is 3.15. The second-order valence-corrected chi connectivity index (χ2v) is 5.47. The lowest BCUT2D eigenvalue weighted by molar-refractivity contribution is -0.117. The minimum Gasteiger partial charge on any atom is -0.505 e. The van der Waals surface area contributed by atoms with Gasteiger partial charge in [0.1, 0.15) is 0 Å². The molecule has 1 fully saturated rings. The first kappa shape index (κ1) is 12.0. The molecular weight excluding hydrogens is 317 g/mol. The number of aromatic hydroxyl groups is 1. The van der Waals surface area contributed by atoms with Crippen LogP contribution in [0.2, 0.25) is 5.02 Å². The van der Waals surface area contributed by atoms with Crippen LogP contribution in [0.25, 0.3) is 0 Å². The fourth-order valence-electron chi connectivity index (χ4n) is 1.65. The normalized spacial score (nSPS) is 20.6. The number of amides is 1. The number of halogens is 3. The number of hydrogen-bond donors (Lipinski definition) is 1. The van der Waals surface area contributed by atoms with E-state index in [0.717, 1.165) is 0 Å². The molecule has 2 rings (SSSR count). The molecule has 0 saturated carbocycles. The molecule has 1 atom stereocenters. The molecule has 0 radical (unpaired) electrons. The summed E-state index contributed by atoms with van der Waals surface area (Å²) in [5, 5.41) is 10.1. The SMILES string of the molecule is O=C1CC(Cl)CN1c1cc(Cl)cc(Br)c1O. The van der Waals surface area contributed by atoms with Gasteiger partial charge in [-0.05, 0) is 28.1 Å². The average molecular weight is 325 g/mol.